The number of benzene rings is 1. The lowest BCUT2D eigenvalue weighted by Crippen LogP contribution is -2.17. The molecule has 112 valence electrons. The van der Waals surface area contributed by atoms with Gasteiger partial charge in [-0.05, 0) is 24.6 Å². The average Bonchev–Trinajstić information content (AvgIpc) is 3.01. The summed E-state index contributed by atoms with van der Waals surface area (Å²) in [4.78, 5) is 27.7. The van der Waals surface area contributed by atoms with Crippen molar-refractivity contribution in [2.45, 2.75) is 6.92 Å². The number of rotatable bonds is 3. The number of nitrogens with one attached hydrogen (secondary N) is 1. The minimum atomic E-state index is -1.20. The van der Waals surface area contributed by atoms with Crippen LogP contribution in [0.3, 0.4) is 0 Å². The number of aryl methyl sites for hydroxylation is 2. The molecule has 7 nitrogen and oxygen atoms in total. The number of amides is 1. The Kier molecular flexibility index (Phi) is 3.38. The molecule has 0 saturated heterocycles. The maximum atomic E-state index is 12.2. The van der Waals surface area contributed by atoms with Gasteiger partial charge in [0.05, 0.1) is 22.0 Å². The second-order valence-corrected chi connectivity index (χ2v) is 5.81. The molecule has 0 radical (unpaired) electrons. The van der Waals surface area contributed by atoms with Gasteiger partial charge in [-0.3, -0.25) is 14.8 Å². The number of hydrogen-bond acceptors (Lipinski definition) is 5. The molecule has 0 aliphatic rings. The first kappa shape index (κ1) is 14.2. The molecule has 0 fully saturated rings. The van der Waals surface area contributed by atoms with E-state index in [0.717, 1.165) is 20.5 Å². The summed E-state index contributed by atoms with van der Waals surface area (Å²) in [6.45, 7) is 1.98. The zero-order valence-corrected chi connectivity index (χ0v) is 12.6. The van der Waals surface area contributed by atoms with E-state index < -0.39 is 11.9 Å². The molecule has 3 aromatic rings. The van der Waals surface area contributed by atoms with E-state index in [9.17, 15) is 9.59 Å². The van der Waals surface area contributed by atoms with Crippen molar-refractivity contribution in [2.75, 3.05) is 5.32 Å². The minimum absolute atomic E-state index is 0.00503. The number of hydrogen-bond donors (Lipinski definition) is 2. The molecule has 0 saturated carbocycles. The molecule has 2 aromatic heterocycles. The smallest absolute Gasteiger partial charge is 0.354 e. The van der Waals surface area contributed by atoms with Crippen LogP contribution in [0.4, 0.5) is 5.13 Å². The fraction of sp³-hybridized carbons (Fsp3) is 0.143. The molecule has 0 atom stereocenters. The van der Waals surface area contributed by atoms with E-state index in [1.54, 1.807) is 0 Å². The van der Waals surface area contributed by atoms with E-state index in [-0.39, 0.29) is 11.3 Å². The molecule has 0 aliphatic heterocycles. The van der Waals surface area contributed by atoms with Crippen molar-refractivity contribution in [1.29, 1.82) is 0 Å². The van der Waals surface area contributed by atoms with Crippen LogP contribution in [0.2, 0.25) is 0 Å². The van der Waals surface area contributed by atoms with E-state index in [1.165, 1.54) is 24.6 Å². The van der Waals surface area contributed by atoms with Crippen LogP contribution in [0.25, 0.3) is 10.2 Å². The van der Waals surface area contributed by atoms with E-state index >= 15 is 0 Å². The third-order valence-electron chi connectivity index (χ3n) is 3.15. The zero-order chi connectivity index (χ0) is 15.9. The van der Waals surface area contributed by atoms with E-state index in [4.69, 9.17) is 5.11 Å². The summed E-state index contributed by atoms with van der Waals surface area (Å²) in [5.41, 5.74) is 1.74. The number of nitrogens with zero attached hydrogens (tertiary/aromatic N) is 3. The lowest BCUT2D eigenvalue weighted by molar-refractivity contribution is 0.0680. The van der Waals surface area contributed by atoms with Crippen molar-refractivity contribution in [1.82, 2.24) is 14.8 Å². The Morgan fingerprint density at radius 3 is 2.86 bits per heavy atom. The van der Waals surface area contributed by atoms with Gasteiger partial charge in [-0.25, -0.2) is 9.78 Å². The zero-order valence-electron chi connectivity index (χ0n) is 11.8. The van der Waals surface area contributed by atoms with Gasteiger partial charge in [0.2, 0.25) is 0 Å². The Balaban J connectivity index is 1.91. The van der Waals surface area contributed by atoms with Gasteiger partial charge in [0.1, 0.15) is 0 Å². The Hall–Kier alpha value is -2.74. The molecular formula is C14H12N4O3S. The number of carbonyl (C=O) groups is 2. The topological polar surface area (TPSA) is 97.1 Å². The van der Waals surface area contributed by atoms with Crippen LogP contribution >= 0.6 is 11.3 Å². The van der Waals surface area contributed by atoms with Crippen LogP contribution < -0.4 is 5.32 Å². The SMILES string of the molecule is Cc1ccc2nc(NC(=O)c3cnn(C)c3C(=O)O)sc2c1. The first-order valence-electron chi connectivity index (χ1n) is 6.39. The molecule has 0 spiro atoms. The van der Waals surface area contributed by atoms with Gasteiger partial charge < -0.3 is 5.11 Å². The Morgan fingerprint density at radius 2 is 2.14 bits per heavy atom. The Labute approximate surface area is 129 Å². The summed E-state index contributed by atoms with van der Waals surface area (Å²) < 4.78 is 2.11. The number of aromatic nitrogens is 3. The second-order valence-electron chi connectivity index (χ2n) is 4.78. The molecule has 0 unspecified atom stereocenters. The highest BCUT2D eigenvalue weighted by Gasteiger charge is 2.22. The fourth-order valence-corrected chi connectivity index (χ4v) is 3.07. The normalized spacial score (nSPS) is 10.8. The van der Waals surface area contributed by atoms with Gasteiger partial charge in [0, 0.05) is 7.05 Å². The first-order valence-corrected chi connectivity index (χ1v) is 7.21. The van der Waals surface area contributed by atoms with Gasteiger partial charge >= 0.3 is 5.97 Å². The highest BCUT2D eigenvalue weighted by molar-refractivity contribution is 7.22. The number of carboxylic acids is 1. The fourth-order valence-electron chi connectivity index (χ4n) is 2.11. The summed E-state index contributed by atoms with van der Waals surface area (Å²) in [5.74, 6) is -1.74. The van der Waals surface area contributed by atoms with Crippen molar-refractivity contribution in [3.63, 3.8) is 0 Å². The van der Waals surface area contributed by atoms with Crippen molar-refractivity contribution < 1.29 is 14.7 Å². The Morgan fingerprint density at radius 1 is 1.36 bits per heavy atom. The van der Waals surface area contributed by atoms with Gasteiger partial charge in [0.25, 0.3) is 5.91 Å². The maximum absolute atomic E-state index is 12.2. The lowest BCUT2D eigenvalue weighted by Gasteiger charge is -2.01. The van der Waals surface area contributed by atoms with Crippen LogP contribution in [0.15, 0.2) is 24.4 Å². The molecule has 1 aromatic carbocycles. The molecule has 3 rings (SSSR count). The summed E-state index contributed by atoms with van der Waals surface area (Å²) >= 11 is 1.34. The number of aromatic carboxylic acids is 1. The van der Waals surface area contributed by atoms with Crippen LogP contribution in [0.5, 0.6) is 0 Å². The molecule has 2 heterocycles. The molecule has 2 N–H and O–H groups in total. The molecule has 22 heavy (non-hydrogen) atoms. The monoisotopic (exact) mass is 316 g/mol. The van der Waals surface area contributed by atoms with Crippen LogP contribution in [-0.4, -0.2) is 31.7 Å². The second kappa shape index (κ2) is 5.23. The third kappa shape index (κ3) is 2.44. The van der Waals surface area contributed by atoms with Crippen LogP contribution in [0.1, 0.15) is 26.4 Å². The largest absolute Gasteiger partial charge is 0.477 e. The third-order valence-corrected chi connectivity index (χ3v) is 4.08. The predicted molar refractivity (Wildman–Crippen MR) is 82.5 cm³/mol. The summed E-state index contributed by atoms with van der Waals surface area (Å²) in [7, 11) is 1.47. The van der Waals surface area contributed by atoms with Crippen LogP contribution in [0, 0.1) is 6.92 Å². The van der Waals surface area contributed by atoms with Gasteiger partial charge in [-0.2, -0.15) is 5.10 Å². The van der Waals surface area contributed by atoms with E-state index in [0.29, 0.717) is 5.13 Å². The highest BCUT2D eigenvalue weighted by atomic mass is 32.1. The number of fused-ring (bicyclic) bond motifs is 1. The lowest BCUT2D eigenvalue weighted by atomic mass is 10.2. The van der Waals surface area contributed by atoms with Crippen molar-refractivity contribution in [3.8, 4) is 0 Å². The molecule has 0 bridgehead atoms. The average molecular weight is 316 g/mol. The van der Waals surface area contributed by atoms with Crippen LogP contribution in [-0.2, 0) is 7.05 Å². The quantitative estimate of drug-likeness (QED) is 0.772. The number of carbonyl (C=O) groups excluding carboxylic acids is 1. The minimum Gasteiger partial charge on any atom is -0.477 e. The summed E-state index contributed by atoms with van der Waals surface area (Å²) in [5, 5.41) is 16.0. The predicted octanol–water partition coefficient (Wildman–Crippen LogP) is 2.29. The van der Waals surface area contributed by atoms with Crippen molar-refractivity contribution in [3.05, 3.63) is 41.2 Å². The molecule has 0 aliphatic carbocycles. The standard InChI is InChI=1S/C14H12N4O3S/c1-7-3-4-9-10(5-7)22-14(16-9)17-12(19)8-6-15-18(2)11(8)13(20)21/h3-6H,1-2H3,(H,20,21)(H,16,17,19). The number of carboxylic acid groups (broad SMARTS) is 1. The van der Waals surface area contributed by atoms with Crippen molar-refractivity contribution >= 4 is 38.6 Å². The van der Waals surface area contributed by atoms with Crippen molar-refractivity contribution in [2.24, 2.45) is 7.05 Å². The first-order chi connectivity index (χ1) is 10.5. The Bertz CT molecular complexity index is 897. The van der Waals surface area contributed by atoms with Gasteiger partial charge in [-0.15, -0.1) is 0 Å². The van der Waals surface area contributed by atoms with Gasteiger partial charge in [-0.1, -0.05) is 17.4 Å². The van der Waals surface area contributed by atoms with E-state index in [2.05, 4.69) is 15.4 Å². The highest BCUT2D eigenvalue weighted by Crippen LogP contribution is 2.27. The van der Waals surface area contributed by atoms with E-state index in [1.807, 2.05) is 25.1 Å². The van der Waals surface area contributed by atoms with Gasteiger partial charge in [0.15, 0.2) is 10.8 Å². The number of thiazole rings is 1. The number of anilines is 1. The molecule has 8 heteroatoms. The molecular weight excluding hydrogens is 304 g/mol. The summed E-state index contributed by atoms with van der Waals surface area (Å²) in [6, 6.07) is 5.80. The molecule has 1 amide bonds. The maximum Gasteiger partial charge on any atom is 0.354 e. The summed E-state index contributed by atoms with van der Waals surface area (Å²) in [6.07, 6.45) is 1.23.